The van der Waals surface area contributed by atoms with Crippen LogP contribution in [0.4, 0.5) is 4.39 Å². The number of hydrogen-bond donors (Lipinski definition) is 0. The molecule has 1 fully saturated rings. The van der Waals surface area contributed by atoms with Crippen molar-refractivity contribution in [3.63, 3.8) is 0 Å². The Bertz CT molecular complexity index is 1040. The molecule has 0 aromatic heterocycles. The van der Waals surface area contributed by atoms with E-state index >= 15 is 0 Å². The molecule has 4 rings (SSSR count). The van der Waals surface area contributed by atoms with Crippen LogP contribution in [0.1, 0.15) is 24.5 Å². The van der Waals surface area contributed by atoms with Crippen molar-refractivity contribution in [1.82, 2.24) is 4.90 Å². The first kappa shape index (κ1) is 19.1. The van der Waals surface area contributed by atoms with Crippen LogP contribution in [0.15, 0.2) is 66.2 Å². The molecule has 4 nitrogen and oxygen atoms in total. The molecule has 0 bridgehead atoms. The van der Waals surface area contributed by atoms with Gasteiger partial charge < -0.3 is 4.90 Å². The number of ketones is 1. The Labute approximate surface area is 169 Å². The number of nitriles is 1. The van der Waals surface area contributed by atoms with Gasteiger partial charge in [-0.05, 0) is 30.0 Å². The molecule has 2 unspecified atom stereocenters. The first-order valence-electron chi connectivity index (χ1n) is 9.74. The minimum absolute atomic E-state index is 0.0266. The fourth-order valence-corrected chi connectivity index (χ4v) is 4.79. The standard InChI is InChI=1S/C24H21FN2O2/c1-16-20-11-12-27(15-17-7-5-6-10-21(17)25)23(29)24(20,13-18(14-26)22(16)28)19-8-3-2-4-9-19/h2-10,13,16,20H,11-12,15H2,1H3/t16?,20?,24-/m1/s1. The average Bonchev–Trinajstić information content (AvgIpc) is 2.75. The largest absolute Gasteiger partial charge is 0.337 e. The first-order chi connectivity index (χ1) is 14.0. The van der Waals surface area contributed by atoms with Crippen molar-refractivity contribution in [2.45, 2.75) is 25.3 Å². The molecule has 1 amide bonds. The number of piperidine rings is 1. The van der Waals surface area contributed by atoms with Crippen molar-refractivity contribution < 1.29 is 14.0 Å². The second kappa shape index (κ2) is 7.29. The summed E-state index contributed by atoms with van der Waals surface area (Å²) >= 11 is 0. The second-order valence-corrected chi connectivity index (χ2v) is 7.77. The van der Waals surface area contributed by atoms with E-state index < -0.39 is 11.3 Å². The molecule has 1 aliphatic heterocycles. The van der Waals surface area contributed by atoms with Gasteiger partial charge in [0.25, 0.3) is 0 Å². The topological polar surface area (TPSA) is 61.2 Å². The van der Waals surface area contributed by atoms with Gasteiger partial charge in [-0.2, -0.15) is 5.26 Å². The predicted octanol–water partition coefficient (Wildman–Crippen LogP) is 3.78. The summed E-state index contributed by atoms with van der Waals surface area (Å²) in [6, 6.07) is 17.7. The van der Waals surface area contributed by atoms with Gasteiger partial charge in [0.15, 0.2) is 5.78 Å². The lowest BCUT2D eigenvalue weighted by Crippen LogP contribution is -2.59. The number of Topliss-reactive ketones (excluding diaryl/α,β-unsaturated/α-hetero) is 1. The van der Waals surface area contributed by atoms with Crippen LogP contribution in [0.2, 0.25) is 0 Å². The molecule has 29 heavy (non-hydrogen) atoms. The van der Waals surface area contributed by atoms with Crippen LogP contribution in [0.25, 0.3) is 0 Å². The third-order valence-corrected chi connectivity index (χ3v) is 6.28. The normalized spacial score (nSPS) is 26.5. The number of carbonyl (C=O) groups is 2. The van der Waals surface area contributed by atoms with Crippen molar-refractivity contribution in [3.05, 3.63) is 83.2 Å². The zero-order chi connectivity index (χ0) is 20.6. The highest BCUT2D eigenvalue weighted by molar-refractivity contribution is 6.06. The van der Waals surface area contributed by atoms with Gasteiger partial charge in [0.1, 0.15) is 11.9 Å². The van der Waals surface area contributed by atoms with E-state index in [0.29, 0.717) is 18.5 Å². The first-order valence-corrected chi connectivity index (χ1v) is 9.74. The van der Waals surface area contributed by atoms with Crippen molar-refractivity contribution in [1.29, 1.82) is 5.26 Å². The Morgan fingerprint density at radius 3 is 2.52 bits per heavy atom. The molecule has 1 aliphatic carbocycles. The predicted molar refractivity (Wildman–Crippen MR) is 106 cm³/mol. The van der Waals surface area contributed by atoms with Crippen LogP contribution >= 0.6 is 0 Å². The van der Waals surface area contributed by atoms with Crippen molar-refractivity contribution >= 4 is 11.7 Å². The van der Waals surface area contributed by atoms with Crippen molar-refractivity contribution in [3.8, 4) is 6.07 Å². The highest BCUT2D eigenvalue weighted by Crippen LogP contribution is 2.49. The lowest BCUT2D eigenvalue weighted by Gasteiger charge is -2.50. The van der Waals surface area contributed by atoms with Gasteiger partial charge >= 0.3 is 0 Å². The Morgan fingerprint density at radius 1 is 1.14 bits per heavy atom. The van der Waals surface area contributed by atoms with Crippen LogP contribution in [0, 0.1) is 29.0 Å². The molecule has 146 valence electrons. The highest BCUT2D eigenvalue weighted by Gasteiger charge is 2.56. The van der Waals surface area contributed by atoms with Crippen LogP contribution in [0.5, 0.6) is 0 Å². The summed E-state index contributed by atoms with van der Waals surface area (Å²) in [4.78, 5) is 28.1. The number of hydrogen-bond acceptors (Lipinski definition) is 3. The Kier molecular flexibility index (Phi) is 4.79. The number of halogens is 1. The van der Waals surface area contributed by atoms with E-state index in [0.717, 1.165) is 5.56 Å². The number of amides is 1. The van der Waals surface area contributed by atoms with Gasteiger partial charge in [-0.3, -0.25) is 9.59 Å². The fourth-order valence-electron chi connectivity index (χ4n) is 4.79. The maximum atomic E-state index is 14.2. The van der Waals surface area contributed by atoms with E-state index in [9.17, 15) is 19.2 Å². The van der Waals surface area contributed by atoms with Gasteiger partial charge in [0, 0.05) is 24.6 Å². The molecular weight excluding hydrogens is 367 g/mol. The monoisotopic (exact) mass is 388 g/mol. The maximum Gasteiger partial charge on any atom is 0.237 e. The van der Waals surface area contributed by atoms with Gasteiger partial charge in [0.05, 0.1) is 11.0 Å². The molecule has 1 saturated heterocycles. The molecule has 2 aliphatic rings. The highest BCUT2D eigenvalue weighted by atomic mass is 19.1. The van der Waals surface area contributed by atoms with Crippen LogP contribution in [0.3, 0.4) is 0 Å². The minimum atomic E-state index is -1.09. The Hall–Kier alpha value is -3.26. The molecular formula is C24H21FN2O2. The molecule has 3 atom stereocenters. The van der Waals surface area contributed by atoms with E-state index in [1.165, 1.54) is 6.07 Å². The maximum absolute atomic E-state index is 14.2. The molecule has 1 heterocycles. The van der Waals surface area contributed by atoms with Gasteiger partial charge in [-0.1, -0.05) is 55.5 Å². The van der Waals surface area contributed by atoms with Crippen LogP contribution < -0.4 is 0 Å². The third-order valence-electron chi connectivity index (χ3n) is 6.28. The van der Waals surface area contributed by atoms with E-state index in [1.807, 2.05) is 36.4 Å². The number of benzene rings is 2. The van der Waals surface area contributed by atoms with Crippen molar-refractivity contribution in [2.75, 3.05) is 6.54 Å². The number of nitrogens with zero attached hydrogens (tertiary/aromatic N) is 2. The third kappa shape index (κ3) is 2.96. The summed E-state index contributed by atoms with van der Waals surface area (Å²) in [6.45, 7) is 2.40. The number of carbonyl (C=O) groups excluding carboxylic acids is 2. The number of fused-ring (bicyclic) bond motifs is 1. The minimum Gasteiger partial charge on any atom is -0.337 e. The Morgan fingerprint density at radius 2 is 1.83 bits per heavy atom. The summed E-state index contributed by atoms with van der Waals surface area (Å²) in [7, 11) is 0. The molecule has 2 aromatic rings. The molecule has 0 saturated carbocycles. The fraction of sp³-hybridized carbons (Fsp3) is 0.292. The lowest BCUT2D eigenvalue weighted by atomic mass is 9.57. The molecule has 5 heteroatoms. The quantitative estimate of drug-likeness (QED) is 0.804. The molecule has 0 N–H and O–H groups in total. The Balaban J connectivity index is 1.84. The smallest absolute Gasteiger partial charge is 0.237 e. The second-order valence-electron chi connectivity index (χ2n) is 7.77. The number of allylic oxidation sites excluding steroid dienone is 1. The number of rotatable bonds is 3. The molecule has 0 spiro atoms. The van der Waals surface area contributed by atoms with E-state index in [4.69, 9.17) is 0 Å². The van der Waals surface area contributed by atoms with Gasteiger partial charge in [-0.15, -0.1) is 0 Å². The summed E-state index contributed by atoms with van der Waals surface area (Å²) in [6.07, 6.45) is 2.17. The summed E-state index contributed by atoms with van der Waals surface area (Å²) in [5.74, 6) is -1.42. The van der Waals surface area contributed by atoms with E-state index in [-0.39, 0.29) is 35.5 Å². The van der Waals surface area contributed by atoms with E-state index in [1.54, 1.807) is 36.1 Å². The average molecular weight is 388 g/mol. The molecule has 0 radical (unpaired) electrons. The summed E-state index contributed by atoms with van der Waals surface area (Å²) in [5, 5.41) is 9.54. The zero-order valence-electron chi connectivity index (χ0n) is 16.1. The SMILES string of the molecule is CC1C(=O)C(C#N)=C[C@]2(c3ccccc3)C(=O)N(Cc3ccccc3F)CCC12. The summed E-state index contributed by atoms with van der Waals surface area (Å²) < 4.78 is 14.2. The van der Waals surface area contributed by atoms with Gasteiger partial charge in [0.2, 0.25) is 5.91 Å². The zero-order valence-corrected chi connectivity index (χ0v) is 16.1. The van der Waals surface area contributed by atoms with E-state index in [2.05, 4.69) is 0 Å². The van der Waals surface area contributed by atoms with Crippen LogP contribution in [-0.4, -0.2) is 23.1 Å². The van der Waals surface area contributed by atoms with Crippen molar-refractivity contribution in [2.24, 2.45) is 11.8 Å². The number of likely N-dealkylation sites (tertiary alicyclic amines) is 1. The van der Waals surface area contributed by atoms with Crippen LogP contribution in [-0.2, 0) is 21.5 Å². The lowest BCUT2D eigenvalue weighted by molar-refractivity contribution is -0.145. The summed E-state index contributed by atoms with van der Waals surface area (Å²) in [5.41, 5.74) is 0.148. The molecule has 2 aromatic carbocycles. The van der Waals surface area contributed by atoms with Gasteiger partial charge in [-0.25, -0.2) is 4.39 Å².